The number of urea groups is 1. The molecule has 1 saturated heterocycles. The third-order valence-corrected chi connectivity index (χ3v) is 2.10. The zero-order valence-electron chi connectivity index (χ0n) is 8.81. The molecule has 0 atom stereocenters. The molecular weight excluding hydrogens is 180 g/mol. The number of carbonyl (C=O) groups excluding carboxylic acids is 1. The monoisotopic (exact) mass is 198 g/mol. The zero-order chi connectivity index (χ0) is 10.6. The largest absolute Gasteiger partial charge is 0.351 e. The molecule has 14 heavy (non-hydrogen) atoms. The molecule has 1 fully saturated rings. The van der Waals surface area contributed by atoms with E-state index in [1.54, 1.807) is 4.90 Å². The Labute approximate surface area is 84.5 Å². The second kappa shape index (κ2) is 4.83. The highest BCUT2D eigenvalue weighted by Crippen LogP contribution is 2.01. The van der Waals surface area contributed by atoms with Gasteiger partial charge in [-0.15, -0.1) is 0 Å². The van der Waals surface area contributed by atoms with Gasteiger partial charge in [0.25, 0.3) is 0 Å². The van der Waals surface area contributed by atoms with E-state index in [9.17, 15) is 4.79 Å². The summed E-state index contributed by atoms with van der Waals surface area (Å²) in [7, 11) is 0. The lowest BCUT2D eigenvalue weighted by Crippen LogP contribution is -2.48. The predicted octanol–water partition coefficient (Wildman–Crippen LogP) is 0.325. The minimum atomic E-state index is -0.336. The summed E-state index contributed by atoms with van der Waals surface area (Å²) in [6.45, 7) is 7.06. The number of rotatable bonds is 2. The molecule has 0 bridgehead atoms. The van der Waals surface area contributed by atoms with E-state index >= 15 is 0 Å². The van der Waals surface area contributed by atoms with Gasteiger partial charge in [-0.2, -0.15) is 5.10 Å². The maximum Gasteiger partial charge on any atom is 0.314 e. The van der Waals surface area contributed by atoms with Crippen LogP contribution in [0.15, 0.2) is 5.10 Å². The fraction of sp³-hybridized carbons (Fsp3) is 0.778. The van der Waals surface area contributed by atoms with Gasteiger partial charge in [0, 0.05) is 19.3 Å². The maximum absolute atomic E-state index is 10.8. The van der Waals surface area contributed by atoms with Crippen LogP contribution in [0.25, 0.3) is 0 Å². The number of nitrogens with zero attached hydrogens (tertiary/aromatic N) is 3. The number of nitrogens with two attached hydrogens (primary N) is 1. The van der Waals surface area contributed by atoms with Gasteiger partial charge in [0.1, 0.15) is 0 Å². The number of hydrogen-bond acceptors (Lipinski definition) is 3. The number of carbonyl (C=O) groups is 1. The van der Waals surface area contributed by atoms with Gasteiger partial charge in [-0.1, -0.05) is 13.8 Å². The Bertz CT molecular complexity index is 219. The average molecular weight is 198 g/mol. The van der Waals surface area contributed by atoms with E-state index in [1.807, 2.05) is 11.2 Å². The van der Waals surface area contributed by atoms with Crippen molar-refractivity contribution >= 4 is 12.2 Å². The van der Waals surface area contributed by atoms with Crippen molar-refractivity contribution in [2.24, 2.45) is 16.8 Å². The summed E-state index contributed by atoms with van der Waals surface area (Å²) >= 11 is 0. The minimum Gasteiger partial charge on any atom is -0.351 e. The van der Waals surface area contributed by atoms with Crippen LogP contribution < -0.4 is 5.73 Å². The van der Waals surface area contributed by atoms with Crippen LogP contribution in [0, 0.1) is 5.92 Å². The van der Waals surface area contributed by atoms with Gasteiger partial charge in [0.05, 0.1) is 13.1 Å². The standard InChI is InChI=1S/C9H18N4O/c1-8(2)7-11-13-5-3-12(4-6-13)9(10)14/h7-8H,3-6H2,1-2H3,(H2,10,14)/b11-7+. The van der Waals surface area contributed by atoms with Crippen LogP contribution in [0.3, 0.4) is 0 Å². The molecule has 5 heteroatoms. The Hall–Kier alpha value is -1.26. The quantitative estimate of drug-likeness (QED) is 0.650. The molecule has 0 radical (unpaired) electrons. The molecular formula is C9H18N4O. The maximum atomic E-state index is 10.8. The highest BCUT2D eigenvalue weighted by molar-refractivity contribution is 5.72. The first-order valence-electron chi connectivity index (χ1n) is 4.93. The summed E-state index contributed by atoms with van der Waals surface area (Å²) in [5.41, 5.74) is 5.16. The fourth-order valence-corrected chi connectivity index (χ4v) is 1.26. The van der Waals surface area contributed by atoms with E-state index in [0.29, 0.717) is 19.0 Å². The molecule has 0 aromatic rings. The molecule has 0 unspecified atom stereocenters. The van der Waals surface area contributed by atoms with E-state index in [-0.39, 0.29) is 6.03 Å². The minimum absolute atomic E-state index is 0.336. The van der Waals surface area contributed by atoms with Crippen LogP contribution in [-0.2, 0) is 0 Å². The molecule has 80 valence electrons. The Morgan fingerprint density at radius 2 is 1.93 bits per heavy atom. The van der Waals surface area contributed by atoms with Crippen LogP contribution in [0.2, 0.25) is 0 Å². The normalized spacial score (nSPS) is 18.2. The Balaban J connectivity index is 2.32. The number of piperazine rings is 1. The first kappa shape index (κ1) is 10.8. The Kier molecular flexibility index (Phi) is 3.73. The highest BCUT2D eigenvalue weighted by Gasteiger charge is 2.17. The van der Waals surface area contributed by atoms with Gasteiger partial charge in [0.2, 0.25) is 0 Å². The van der Waals surface area contributed by atoms with Crippen molar-refractivity contribution in [2.45, 2.75) is 13.8 Å². The Morgan fingerprint density at radius 1 is 1.36 bits per heavy atom. The van der Waals surface area contributed by atoms with E-state index in [0.717, 1.165) is 13.1 Å². The Morgan fingerprint density at radius 3 is 2.36 bits per heavy atom. The second-order valence-electron chi connectivity index (χ2n) is 3.79. The molecule has 2 amide bonds. The summed E-state index contributed by atoms with van der Waals surface area (Å²) < 4.78 is 0. The lowest BCUT2D eigenvalue weighted by atomic mass is 10.3. The van der Waals surface area contributed by atoms with E-state index < -0.39 is 0 Å². The number of hydrogen-bond donors (Lipinski definition) is 1. The zero-order valence-corrected chi connectivity index (χ0v) is 8.81. The third kappa shape index (κ3) is 3.24. The molecule has 0 aromatic carbocycles. The van der Waals surface area contributed by atoms with Crippen molar-refractivity contribution in [3.63, 3.8) is 0 Å². The summed E-state index contributed by atoms with van der Waals surface area (Å²) in [5, 5.41) is 6.28. The van der Waals surface area contributed by atoms with E-state index in [4.69, 9.17) is 5.73 Å². The molecule has 5 nitrogen and oxygen atoms in total. The van der Waals surface area contributed by atoms with Crippen LogP contribution >= 0.6 is 0 Å². The van der Waals surface area contributed by atoms with Crippen molar-refractivity contribution < 1.29 is 4.79 Å². The van der Waals surface area contributed by atoms with Gasteiger partial charge < -0.3 is 10.6 Å². The van der Waals surface area contributed by atoms with Gasteiger partial charge in [-0.3, -0.25) is 5.01 Å². The van der Waals surface area contributed by atoms with Crippen molar-refractivity contribution in [2.75, 3.05) is 26.2 Å². The van der Waals surface area contributed by atoms with Crippen molar-refractivity contribution in [1.29, 1.82) is 0 Å². The first-order chi connectivity index (χ1) is 6.59. The molecule has 1 aliphatic rings. The topological polar surface area (TPSA) is 61.9 Å². The van der Waals surface area contributed by atoms with Crippen molar-refractivity contribution in [3.05, 3.63) is 0 Å². The predicted molar refractivity (Wildman–Crippen MR) is 56.1 cm³/mol. The lowest BCUT2D eigenvalue weighted by molar-refractivity contribution is 0.148. The first-order valence-corrected chi connectivity index (χ1v) is 4.93. The second-order valence-corrected chi connectivity index (χ2v) is 3.79. The van der Waals surface area contributed by atoms with Gasteiger partial charge >= 0.3 is 6.03 Å². The molecule has 0 aliphatic carbocycles. The molecule has 2 N–H and O–H groups in total. The molecule has 1 rings (SSSR count). The average Bonchev–Trinajstić information content (AvgIpc) is 2.15. The summed E-state index contributed by atoms with van der Waals surface area (Å²) in [6.07, 6.45) is 1.92. The smallest absolute Gasteiger partial charge is 0.314 e. The third-order valence-electron chi connectivity index (χ3n) is 2.10. The van der Waals surface area contributed by atoms with Crippen LogP contribution in [0.1, 0.15) is 13.8 Å². The highest BCUT2D eigenvalue weighted by atomic mass is 16.2. The summed E-state index contributed by atoms with van der Waals surface area (Å²) in [5.74, 6) is 0.462. The molecule has 0 aromatic heterocycles. The number of hydrazone groups is 1. The summed E-state index contributed by atoms with van der Waals surface area (Å²) in [6, 6.07) is -0.336. The van der Waals surface area contributed by atoms with Crippen LogP contribution in [0.4, 0.5) is 4.79 Å². The van der Waals surface area contributed by atoms with Gasteiger partial charge in [-0.05, 0) is 5.92 Å². The fourth-order valence-electron chi connectivity index (χ4n) is 1.26. The van der Waals surface area contributed by atoms with Gasteiger partial charge in [0.15, 0.2) is 0 Å². The molecule has 0 saturated carbocycles. The van der Waals surface area contributed by atoms with Crippen LogP contribution in [0.5, 0.6) is 0 Å². The summed E-state index contributed by atoms with van der Waals surface area (Å²) in [4.78, 5) is 12.5. The number of amides is 2. The van der Waals surface area contributed by atoms with Crippen molar-refractivity contribution in [1.82, 2.24) is 9.91 Å². The lowest BCUT2D eigenvalue weighted by Gasteiger charge is -2.31. The molecule has 1 heterocycles. The SMILES string of the molecule is CC(C)/C=N/N1CCN(C(N)=O)CC1. The molecule has 0 spiro atoms. The van der Waals surface area contributed by atoms with E-state index in [2.05, 4.69) is 18.9 Å². The number of primary amides is 1. The van der Waals surface area contributed by atoms with Crippen LogP contribution in [-0.4, -0.2) is 48.3 Å². The van der Waals surface area contributed by atoms with Gasteiger partial charge in [-0.25, -0.2) is 4.79 Å². The van der Waals surface area contributed by atoms with Crippen molar-refractivity contribution in [3.8, 4) is 0 Å². The molecule has 1 aliphatic heterocycles. The van der Waals surface area contributed by atoms with E-state index in [1.165, 1.54) is 0 Å².